The first kappa shape index (κ1) is 16.3. The minimum atomic E-state index is -0.586. The summed E-state index contributed by atoms with van der Waals surface area (Å²) in [7, 11) is 0. The summed E-state index contributed by atoms with van der Waals surface area (Å²) in [5.41, 5.74) is 0.972. The molecule has 1 aromatic carbocycles. The minimum absolute atomic E-state index is 0.0504. The van der Waals surface area contributed by atoms with Crippen LogP contribution in [0.1, 0.15) is 39.2 Å². The summed E-state index contributed by atoms with van der Waals surface area (Å²) in [4.78, 5) is 12.1. The molecule has 2 aliphatic rings. The van der Waals surface area contributed by atoms with E-state index in [0.717, 1.165) is 18.4 Å². The minimum Gasteiger partial charge on any atom is -0.445 e. The van der Waals surface area contributed by atoms with Crippen LogP contribution < -0.4 is 5.32 Å². The lowest BCUT2D eigenvalue weighted by Crippen LogP contribution is -2.43. The lowest BCUT2D eigenvalue weighted by molar-refractivity contribution is -0.158. The maximum Gasteiger partial charge on any atom is 0.407 e. The first-order valence-corrected chi connectivity index (χ1v) is 8.31. The van der Waals surface area contributed by atoms with E-state index in [1.165, 1.54) is 0 Å². The molecule has 1 N–H and O–H groups in total. The van der Waals surface area contributed by atoms with Gasteiger partial charge in [-0.25, -0.2) is 4.79 Å². The number of amides is 1. The highest BCUT2D eigenvalue weighted by atomic mass is 16.8. The highest BCUT2D eigenvalue weighted by Crippen LogP contribution is 2.42. The molecule has 5 heteroatoms. The van der Waals surface area contributed by atoms with Gasteiger partial charge in [0.2, 0.25) is 0 Å². The van der Waals surface area contributed by atoms with Crippen molar-refractivity contribution in [1.82, 2.24) is 5.32 Å². The van der Waals surface area contributed by atoms with E-state index in [1.807, 2.05) is 44.2 Å². The summed E-state index contributed by atoms with van der Waals surface area (Å²) in [6.07, 6.45) is 1.43. The molecule has 0 unspecified atom stereocenters. The molecule has 0 spiro atoms. The topological polar surface area (TPSA) is 56.8 Å². The van der Waals surface area contributed by atoms with Crippen LogP contribution in [0.4, 0.5) is 4.79 Å². The number of benzene rings is 1. The second-order valence-electron chi connectivity index (χ2n) is 6.78. The Kier molecular flexibility index (Phi) is 4.60. The first-order valence-electron chi connectivity index (χ1n) is 8.31. The van der Waals surface area contributed by atoms with Gasteiger partial charge >= 0.3 is 6.09 Å². The van der Waals surface area contributed by atoms with Gasteiger partial charge in [0.15, 0.2) is 5.79 Å². The number of hydrogen-bond acceptors (Lipinski definition) is 4. The van der Waals surface area contributed by atoms with Crippen LogP contribution in [0.3, 0.4) is 0 Å². The number of alkyl carbamates (subject to hydrolysis) is 1. The van der Waals surface area contributed by atoms with Crippen molar-refractivity contribution in [3.63, 3.8) is 0 Å². The van der Waals surface area contributed by atoms with Crippen molar-refractivity contribution in [3.05, 3.63) is 35.9 Å². The van der Waals surface area contributed by atoms with Gasteiger partial charge in [-0.1, -0.05) is 43.7 Å². The molecule has 0 bridgehead atoms. The third-order valence-corrected chi connectivity index (χ3v) is 4.62. The Labute approximate surface area is 137 Å². The van der Waals surface area contributed by atoms with E-state index < -0.39 is 11.9 Å². The van der Waals surface area contributed by atoms with Gasteiger partial charge < -0.3 is 19.5 Å². The van der Waals surface area contributed by atoms with Crippen LogP contribution in [0.25, 0.3) is 0 Å². The van der Waals surface area contributed by atoms with Gasteiger partial charge in [0, 0.05) is 0 Å². The van der Waals surface area contributed by atoms with Crippen molar-refractivity contribution in [1.29, 1.82) is 0 Å². The molecular formula is C18H25NO4. The fraction of sp³-hybridized carbons (Fsp3) is 0.611. The molecule has 0 radical (unpaired) electrons. The maximum atomic E-state index is 12.1. The zero-order valence-electron chi connectivity index (χ0n) is 14.0. The van der Waals surface area contributed by atoms with Gasteiger partial charge in [-0.05, 0) is 31.7 Å². The van der Waals surface area contributed by atoms with Gasteiger partial charge in [0.25, 0.3) is 0 Å². The van der Waals surface area contributed by atoms with Crippen LogP contribution in [-0.4, -0.2) is 30.1 Å². The summed E-state index contributed by atoms with van der Waals surface area (Å²) in [5.74, 6) is -0.182. The lowest BCUT2D eigenvalue weighted by Gasteiger charge is -2.23. The van der Waals surface area contributed by atoms with Crippen molar-refractivity contribution < 1.29 is 19.0 Å². The predicted octanol–water partition coefficient (Wildman–Crippen LogP) is 3.23. The quantitative estimate of drug-likeness (QED) is 0.925. The second kappa shape index (κ2) is 6.49. The molecule has 0 aromatic heterocycles. The van der Waals surface area contributed by atoms with E-state index in [2.05, 4.69) is 12.2 Å². The van der Waals surface area contributed by atoms with Gasteiger partial charge in [-0.2, -0.15) is 0 Å². The molecule has 2 fully saturated rings. The van der Waals surface area contributed by atoms with E-state index in [0.29, 0.717) is 5.92 Å². The predicted molar refractivity (Wildman–Crippen MR) is 85.8 cm³/mol. The summed E-state index contributed by atoms with van der Waals surface area (Å²) in [5, 5.41) is 2.96. The Morgan fingerprint density at radius 3 is 2.65 bits per heavy atom. The van der Waals surface area contributed by atoms with E-state index >= 15 is 0 Å². The molecule has 126 valence electrons. The highest BCUT2D eigenvalue weighted by molar-refractivity contribution is 5.67. The number of rotatable bonds is 4. The molecule has 1 heterocycles. The van der Waals surface area contributed by atoms with E-state index in [9.17, 15) is 4.79 Å². The van der Waals surface area contributed by atoms with Crippen molar-refractivity contribution in [2.75, 3.05) is 0 Å². The number of ether oxygens (including phenoxy) is 3. The third-order valence-electron chi connectivity index (χ3n) is 4.62. The summed E-state index contributed by atoms with van der Waals surface area (Å²) >= 11 is 0. The largest absolute Gasteiger partial charge is 0.445 e. The molecule has 1 aliphatic carbocycles. The van der Waals surface area contributed by atoms with Gasteiger partial charge in [-0.3, -0.25) is 0 Å². The number of nitrogens with one attached hydrogen (secondary N) is 1. The van der Waals surface area contributed by atoms with Gasteiger partial charge in [0.1, 0.15) is 12.7 Å². The summed E-state index contributed by atoms with van der Waals surface area (Å²) in [6, 6.07) is 9.60. The second-order valence-corrected chi connectivity index (χ2v) is 6.78. The average molecular weight is 319 g/mol. The molecule has 1 amide bonds. The highest BCUT2D eigenvalue weighted by Gasteiger charge is 2.53. The average Bonchev–Trinajstić information content (AvgIpc) is 3.00. The monoisotopic (exact) mass is 319 g/mol. The van der Waals surface area contributed by atoms with Crippen LogP contribution in [0.5, 0.6) is 0 Å². The Bertz CT molecular complexity index is 545. The Morgan fingerprint density at radius 1 is 1.26 bits per heavy atom. The molecule has 4 atom stereocenters. The molecule has 1 aliphatic heterocycles. The van der Waals surface area contributed by atoms with Crippen LogP contribution >= 0.6 is 0 Å². The van der Waals surface area contributed by atoms with E-state index in [1.54, 1.807) is 0 Å². The van der Waals surface area contributed by atoms with Crippen LogP contribution in [-0.2, 0) is 20.8 Å². The van der Waals surface area contributed by atoms with Crippen LogP contribution in [0, 0.1) is 5.92 Å². The van der Waals surface area contributed by atoms with Crippen molar-refractivity contribution in [3.8, 4) is 0 Å². The fourth-order valence-electron chi connectivity index (χ4n) is 3.54. The normalized spacial score (nSPS) is 31.6. The Balaban J connectivity index is 1.56. The summed E-state index contributed by atoms with van der Waals surface area (Å²) in [6.45, 7) is 6.26. The molecule has 1 aromatic rings. The van der Waals surface area contributed by atoms with Gasteiger partial charge in [0.05, 0.1) is 12.1 Å². The molecule has 3 rings (SSSR count). The molecule has 1 saturated carbocycles. The van der Waals surface area contributed by atoms with Crippen molar-refractivity contribution >= 4 is 6.09 Å². The summed E-state index contributed by atoms with van der Waals surface area (Å²) < 4.78 is 17.3. The number of fused-ring (bicyclic) bond motifs is 1. The number of carbonyl (C=O) groups excluding carboxylic acids is 1. The lowest BCUT2D eigenvalue weighted by atomic mass is 10.0. The Hall–Kier alpha value is -1.59. The fourth-order valence-corrected chi connectivity index (χ4v) is 3.54. The molecule has 23 heavy (non-hydrogen) atoms. The number of hydrogen-bond donors (Lipinski definition) is 1. The standard InChI is InChI=1S/C18H25NO4/c1-4-13-10-14(16-15(13)22-18(2,3)23-16)19-17(20)21-11-12-8-6-5-7-9-12/h5-9,13-16H,4,10-11H2,1-3H3,(H,19,20)/t13-,14+,15+,16-/m0/s1. The van der Waals surface area contributed by atoms with E-state index in [-0.39, 0.29) is 24.9 Å². The zero-order chi connectivity index (χ0) is 16.4. The first-order chi connectivity index (χ1) is 11.0. The van der Waals surface area contributed by atoms with Crippen LogP contribution in [0.15, 0.2) is 30.3 Å². The smallest absolute Gasteiger partial charge is 0.407 e. The van der Waals surface area contributed by atoms with Crippen molar-refractivity contribution in [2.45, 2.75) is 64.3 Å². The molecular weight excluding hydrogens is 294 g/mol. The SMILES string of the molecule is CC[C@H]1C[C@@H](NC(=O)OCc2ccccc2)[C@@H]2OC(C)(C)O[C@H]12. The van der Waals surface area contributed by atoms with Crippen molar-refractivity contribution in [2.24, 2.45) is 5.92 Å². The molecule has 1 saturated heterocycles. The Morgan fingerprint density at radius 2 is 1.96 bits per heavy atom. The van der Waals surface area contributed by atoms with E-state index in [4.69, 9.17) is 14.2 Å². The zero-order valence-corrected chi connectivity index (χ0v) is 14.0. The van der Waals surface area contributed by atoms with Crippen LogP contribution in [0.2, 0.25) is 0 Å². The maximum absolute atomic E-state index is 12.1. The number of carbonyl (C=O) groups is 1. The van der Waals surface area contributed by atoms with Gasteiger partial charge in [-0.15, -0.1) is 0 Å². The molecule has 5 nitrogen and oxygen atoms in total. The third kappa shape index (κ3) is 3.67.